The Hall–Kier alpha value is -1.30. The fourth-order valence-electron chi connectivity index (χ4n) is 1.68. The Morgan fingerprint density at radius 1 is 1.41 bits per heavy atom. The molecule has 1 heterocycles. The molecule has 0 aromatic carbocycles. The summed E-state index contributed by atoms with van der Waals surface area (Å²) in [6.07, 6.45) is -1.11. The number of halogens is 3. The van der Waals surface area contributed by atoms with E-state index >= 15 is 0 Å². The molecule has 1 aromatic heterocycles. The van der Waals surface area contributed by atoms with Crippen LogP contribution in [0.2, 0.25) is 0 Å². The maximum atomic E-state index is 12.7. The first kappa shape index (κ1) is 12.2. The van der Waals surface area contributed by atoms with Crippen molar-refractivity contribution in [3.05, 3.63) is 23.9 Å². The number of anilines is 1. The molecule has 6 heteroatoms. The Kier molecular flexibility index (Phi) is 2.99. The Bertz CT molecular complexity index is 399. The first-order chi connectivity index (χ1) is 7.97. The lowest BCUT2D eigenvalue weighted by atomic mass is 10.1. The van der Waals surface area contributed by atoms with Crippen molar-refractivity contribution in [1.82, 2.24) is 4.98 Å². The molecule has 0 radical (unpaired) electrons. The molecule has 17 heavy (non-hydrogen) atoms. The third-order valence-corrected chi connectivity index (χ3v) is 3.13. The van der Waals surface area contributed by atoms with Gasteiger partial charge in [-0.1, -0.05) is 0 Å². The largest absolute Gasteiger partial charge is 0.419 e. The van der Waals surface area contributed by atoms with Gasteiger partial charge in [-0.2, -0.15) is 13.2 Å². The number of nitrogens with two attached hydrogens (primary N) is 1. The molecule has 0 spiro atoms. The molecule has 0 unspecified atom stereocenters. The summed E-state index contributed by atoms with van der Waals surface area (Å²) in [5, 5.41) is 2.76. The van der Waals surface area contributed by atoms with Crippen LogP contribution in [0, 0.1) is 5.41 Å². The molecule has 0 aliphatic heterocycles. The number of rotatable bonds is 4. The van der Waals surface area contributed by atoms with E-state index in [1.807, 2.05) is 0 Å². The normalized spacial score (nSPS) is 17.9. The van der Waals surface area contributed by atoms with Crippen LogP contribution in [0.3, 0.4) is 0 Å². The summed E-state index contributed by atoms with van der Waals surface area (Å²) in [6.45, 7) is 0.942. The summed E-state index contributed by atoms with van der Waals surface area (Å²) in [4.78, 5) is 3.74. The lowest BCUT2D eigenvalue weighted by molar-refractivity contribution is -0.137. The Morgan fingerprint density at radius 2 is 2.12 bits per heavy atom. The molecule has 1 aromatic rings. The lowest BCUT2D eigenvalue weighted by Gasteiger charge is -2.17. The Morgan fingerprint density at radius 3 is 2.65 bits per heavy atom. The quantitative estimate of drug-likeness (QED) is 0.855. The van der Waals surface area contributed by atoms with Gasteiger partial charge in [-0.15, -0.1) is 0 Å². The Labute approximate surface area is 97.2 Å². The van der Waals surface area contributed by atoms with Crippen LogP contribution in [0.15, 0.2) is 18.3 Å². The van der Waals surface area contributed by atoms with Crippen molar-refractivity contribution in [2.24, 2.45) is 11.1 Å². The van der Waals surface area contributed by atoms with Crippen LogP contribution in [-0.4, -0.2) is 18.1 Å². The van der Waals surface area contributed by atoms with Gasteiger partial charge < -0.3 is 11.1 Å². The fourth-order valence-corrected chi connectivity index (χ4v) is 1.68. The van der Waals surface area contributed by atoms with E-state index in [9.17, 15) is 13.2 Å². The molecule has 1 saturated carbocycles. The molecule has 1 fully saturated rings. The molecule has 0 amide bonds. The summed E-state index contributed by atoms with van der Waals surface area (Å²) in [6, 6.07) is 2.31. The van der Waals surface area contributed by atoms with Crippen LogP contribution >= 0.6 is 0 Å². The van der Waals surface area contributed by atoms with Gasteiger partial charge in [0, 0.05) is 12.7 Å². The van der Waals surface area contributed by atoms with Gasteiger partial charge in [0.1, 0.15) is 5.82 Å². The number of alkyl halides is 3. The minimum atomic E-state index is -4.38. The number of hydrogen-bond acceptors (Lipinski definition) is 3. The molecule has 3 N–H and O–H groups in total. The smallest absolute Gasteiger partial charge is 0.369 e. The highest BCUT2D eigenvalue weighted by molar-refractivity contribution is 5.45. The standard InChI is InChI=1S/C11H14F3N3/c12-11(13,14)8-2-1-5-16-9(8)17-7-10(6-15)3-4-10/h1-2,5H,3-4,6-7,15H2,(H,16,17). The second kappa shape index (κ2) is 4.18. The molecule has 0 bridgehead atoms. The number of hydrogen-bond donors (Lipinski definition) is 2. The minimum Gasteiger partial charge on any atom is -0.369 e. The summed E-state index contributed by atoms with van der Waals surface area (Å²) < 4.78 is 38.0. The monoisotopic (exact) mass is 245 g/mol. The summed E-state index contributed by atoms with van der Waals surface area (Å²) >= 11 is 0. The van der Waals surface area contributed by atoms with Crippen molar-refractivity contribution in [3.63, 3.8) is 0 Å². The second-order valence-corrected chi connectivity index (χ2v) is 4.46. The third-order valence-electron chi connectivity index (χ3n) is 3.13. The highest BCUT2D eigenvalue weighted by Crippen LogP contribution is 2.44. The minimum absolute atomic E-state index is 0.0274. The second-order valence-electron chi connectivity index (χ2n) is 4.46. The lowest BCUT2D eigenvalue weighted by Crippen LogP contribution is -2.25. The van der Waals surface area contributed by atoms with E-state index in [1.165, 1.54) is 12.3 Å². The number of nitrogens with zero attached hydrogens (tertiary/aromatic N) is 1. The molecular formula is C11H14F3N3. The summed E-state index contributed by atoms with van der Waals surface area (Å²) in [7, 11) is 0. The van der Waals surface area contributed by atoms with Gasteiger partial charge in [-0.3, -0.25) is 0 Å². The van der Waals surface area contributed by atoms with Gasteiger partial charge in [-0.25, -0.2) is 4.98 Å². The van der Waals surface area contributed by atoms with Gasteiger partial charge in [0.2, 0.25) is 0 Å². The average Bonchev–Trinajstić information content (AvgIpc) is 3.06. The zero-order valence-electron chi connectivity index (χ0n) is 9.22. The van der Waals surface area contributed by atoms with Crippen LogP contribution in [0.5, 0.6) is 0 Å². The Balaban J connectivity index is 2.10. The van der Waals surface area contributed by atoms with Gasteiger partial charge in [0.25, 0.3) is 0 Å². The fraction of sp³-hybridized carbons (Fsp3) is 0.545. The molecule has 2 rings (SSSR count). The summed E-state index contributed by atoms with van der Waals surface area (Å²) in [5.41, 5.74) is 4.82. The van der Waals surface area contributed by atoms with E-state index in [2.05, 4.69) is 10.3 Å². The van der Waals surface area contributed by atoms with Crippen molar-refractivity contribution < 1.29 is 13.2 Å². The van der Waals surface area contributed by atoms with Crippen LogP contribution < -0.4 is 11.1 Å². The van der Waals surface area contributed by atoms with Crippen LogP contribution in [-0.2, 0) is 6.18 Å². The van der Waals surface area contributed by atoms with Crippen molar-refractivity contribution in [2.45, 2.75) is 19.0 Å². The molecule has 3 nitrogen and oxygen atoms in total. The number of aromatic nitrogens is 1. The van der Waals surface area contributed by atoms with Crippen molar-refractivity contribution in [1.29, 1.82) is 0 Å². The highest BCUT2D eigenvalue weighted by Gasteiger charge is 2.41. The summed E-state index contributed by atoms with van der Waals surface area (Å²) in [5.74, 6) is -0.111. The zero-order valence-corrected chi connectivity index (χ0v) is 9.22. The third kappa shape index (κ3) is 2.69. The number of nitrogens with one attached hydrogen (secondary N) is 1. The van der Waals surface area contributed by atoms with E-state index < -0.39 is 11.7 Å². The van der Waals surface area contributed by atoms with Gasteiger partial charge in [0.05, 0.1) is 5.56 Å². The van der Waals surface area contributed by atoms with Gasteiger partial charge >= 0.3 is 6.18 Å². The zero-order chi connectivity index (χ0) is 12.5. The topological polar surface area (TPSA) is 50.9 Å². The van der Waals surface area contributed by atoms with E-state index in [-0.39, 0.29) is 11.2 Å². The van der Waals surface area contributed by atoms with Crippen LogP contribution in [0.4, 0.5) is 19.0 Å². The van der Waals surface area contributed by atoms with E-state index in [1.54, 1.807) is 0 Å². The van der Waals surface area contributed by atoms with Crippen molar-refractivity contribution >= 4 is 5.82 Å². The predicted octanol–water partition coefficient (Wildman–Crippen LogP) is 2.25. The van der Waals surface area contributed by atoms with Crippen LogP contribution in [0.1, 0.15) is 18.4 Å². The number of pyridine rings is 1. The first-order valence-corrected chi connectivity index (χ1v) is 5.43. The average molecular weight is 245 g/mol. The highest BCUT2D eigenvalue weighted by atomic mass is 19.4. The van der Waals surface area contributed by atoms with Crippen LogP contribution in [0.25, 0.3) is 0 Å². The SMILES string of the molecule is NCC1(CNc2ncccc2C(F)(F)F)CC1. The maximum absolute atomic E-state index is 12.7. The van der Waals surface area contributed by atoms with E-state index in [4.69, 9.17) is 5.73 Å². The van der Waals surface area contributed by atoms with E-state index in [0.29, 0.717) is 13.1 Å². The van der Waals surface area contributed by atoms with E-state index in [0.717, 1.165) is 18.9 Å². The molecule has 1 aliphatic carbocycles. The predicted molar refractivity (Wildman–Crippen MR) is 58.5 cm³/mol. The van der Waals surface area contributed by atoms with Crippen molar-refractivity contribution in [2.75, 3.05) is 18.4 Å². The first-order valence-electron chi connectivity index (χ1n) is 5.43. The van der Waals surface area contributed by atoms with Gasteiger partial charge in [-0.05, 0) is 36.9 Å². The maximum Gasteiger partial charge on any atom is 0.419 e. The molecule has 1 aliphatic rings. The molecule has 0 atom stereocenters. The molecule has 94 valence electrons. The molecular weight excluding hydrogens is 231 g/mol. The molecule has 0 saturated heterocycles. The van der Waals surface area contributed by atoms with Gasteiger partial charge in [0.15, 0.2) is 0 Å². The van der Waals surface area contributed by atoms with Crippen molar-refractivity contribution in [3.8, 4) is 0 Å².